The Bertz CT molecular complexity index is 223. The van der Waals surface area contributed by atoms with Crippen LogP contribution in [0, 0.1) is 6.92 Å². The SMILES string of the molecule is Cc1ccccc1[SiH](Cl)Cl. The van der Waals surface area contributed by atoms with Gasteiger partial charge in [-0.2, -0.15) is 0 Å². The van der Waals surface area contributed by atoms with Gasteiger partial charge in [-0.1, -0.05) is 24.3 Å². The van der Waals surface area contributed by atoms with E-state index in [1.165, 1.54) is 5.56 Å². The summed E-state index contributed by atoms with van der Waals surface area (Å²) in [5, 5.41) is 1.13. The third kappa shape index (κ3) is 1.75. The van der Waals surface area contributed by atoms with E-state index in [0.717, 1.165) is 5.19 Å². The molecule has 0 bridgehead atoms. The van der Waals surface area contributed by atoms with E-state index in [1.54, 1.807) is 0 Å². The summed E-state index contributed by atoms with van der Waals surface area (Å²) in [7, 11) is -1.62. The predicted molar refractivity (Wildman–Crippen MR) is 49.7 cm³/mol. The van der Waals surface area contributed by atoms with Crippen LogP contribution in [0.2, 0.25) is 0 Å². The summed E-state index contributed by atoms with van der Waals surface area (Å²) in [4.78, 5) is 0. The van der Waals surface area contributed by atoms with Gasteiger partial charge < -0.3 is 0 Å². The topological polar surface area (TPSA) is 0 Å². The fourth-order valence-corrected chi connectivity index (χ4v) is 3.00. The highest BCUT2D eigenvalue weighted by Gasteiger charge is 2.06. The maximum Gasteiger partial charge on any atom is 0.266 e. The first-order chi connectivity index (χ1) is 4.72. The van der Waals surface area contributed by atoms with Crippen LogP contribution in [0.3, 0.4) is 0 Å². The largest absolute Gasteiger partial charge is 0.266 e. The first-order valence-corrected chi connectivity index (χ1v) is 7.12. The van der Waals surface area contributed by atoms with Crippen LogP contribution in [-0.2, 0) is 0 Å². The van der Waals surface area contributed by atoms with Gasteiger partial charge in [0, 0.05) is 0 Å². The highest BCUT2D eigenvalue weighted by Crippen LogP contribution is 2.01. The van der Waals surface area contributed by atoms with Crippen LogP contribution >= 0.6 is 22.2 Å². The molecule has 0 unspecified atom stereocenters. The molecule has 0 aliphatic heterocycles. The van der Waals surface area contributed by atoms with Crippen LogP contribution in [-0.4, -0.2) is 7.42 Å². The van der Waals surface area contributed by atoms with Gasteiger partial charge in [-0.25, -0.2) is 0 Å². The molecule has 10 heavy (non-hydrogen) atoms. The number of hydrogen-bond donors (Lipinski definition) is 0. The van der Waals surface area contributed by atoms with Crippen molar-refractivity contribution in [1.29, 1.82) is 0 Å². The van der Waals surface area contributed by atoms with Crippen molar-refractivity contribution in [3.05, 3.63) is 29.8 Å². The minimum atomic E-state index is -1.62. The summed E-state index contributed by atoms with van der Waals surface area (Å²) in [6.07, 6.45) is 0. The van der Waals surface area contributed by atoms with Crippen molar-refractivity contribution >= 4 is 34.8 Å². The molecule has 0 saturated carbocycles. The Kier molecular flexibility index (Phi) is 2.78. The number of hydrogen-bond acceptors (Lipinski definition) is 0. The molecule has 0 spiro atoms. The van der Waals surface area contributed by atoms with E-state index in [4.69, 9.17) is 22.2 Å². The molecular formula is C7H8Cl2Si. The van der Waals surface area contributed by atoms with Crippen molar-refractivity contribution in [2.24, 2.45) is 0 Å². The second-order valence-corrected chi connectivity index (χ2v) is 6.67. The maximum atomic E-state index is 5.81. The molecule has 0 heterocycles. The molecule has 54 valence electrons. The zero-order chi connectivity index (χ0) is 7.56. The van der Waals surface area contributed by atoms with Crippen molar-refractivity contribution in [3.63, 3.8) is 0 Å². The fraction of sp³-hybridized carbons (Fsp3) is 0.143. The molecule has 0 fully saturated rings. The normalized spacial score (nSPS) is 10.4. The second-order valence-electron chi connectivity index (χ2n) is 2.16. The lowest BCUT2D eigenvalue weighted by Gasteiger charge is -2.02. The molecule has 0 radical (unpaired) electrons. The first-order valence-electron chi connectivity index (χ1n) is 3.05. The number of rotatable bonds is 1. The summed E-state index contributed by atoms with van der Waals surface area (Å²) in [5.74, 6) is 0. The van der Waals surface area contributed by atoms with E-state index in [0.29, 0.717) is 0 Å². The van der Waals surface area contributed by atoms with E-state index < -0.39 is 7.42 Å². The number of halogens is 2. The Morgan fingerprint density at radius 1 is 1.20 bits per heavy atom. The Hall–Kier alpha value is 0.0169. The van der Waals surface area contributed by atoms with Crippen molar-refractivity contribution in [2.75, 3.05) is 0 Å². The predicted octanol–water partition coefficient (Wildman–Crippen LogP) is 1.90. The molecule has 0 amide bonds. The van der Waals surface area contributed by atoms with E-state index in [9.17, 15) is 0 Å². The summed E-state index contributed by atoms with van der Waals surface area (Å²) in [6.45, 7) is 2.03. The van der Waals surface area contributed by atoms with E-state index in [2.05, 4.69) is 0 Å². The molecule has 0 atom stereocenters. The van der Waals surface area contributed by atoms with Crippen LogP contribution in [0.25, 0.3) is 0 Å². The van der Waals surface area contributed by atoms with Crippen molar-refractivity contribution in [1.82, 2.24) is 0 Å². The lowest BCUT2D eigenvalue weighted by atomic mass is 10.2. The highest BCUT2D eigenvalue weighted by atomic mass is 35.7. The third-order valence-electron chi connectivity index (χ3n) is 1.42. The van der Waals surface area contributed by atoms with E-state index in [-0.39, 0.29) is 0 Å². The Labute approximate surface area is 71.8 Å². The quantitative estimate of drug-likeness (QED) is 0.469. The van der Waals surface area contributed by atoms with Gasteiger partial charge in [0.05, 0.1) is 0 Å². The molecule has 0 aromatic heterocycles. The van der Waals surface area contributed by atoms with Crippen molar-refractivity contribution in [2.45, 2.75) is 6.92 Å². The lowest BCUT2D eigenvalue weighted by Crippen LogP contribution is -2.20. The zero-order valence-electron chi connectivity index (χ0n) is 5.64. The summed E-state index contributed by atoms with van der Waals surface area (Å²) in [6, 6.07) is 7.98. The highest BCUT2D eigenvalue weighted by molar-refractivity contribution is 7.39. The Morgan fingerprint density at radius 3 is 2.20 bits per heavy atom. The van der Waals surface area contributed by atoms with Crippen LogP contribution in [0.1, 0.15) is 5.56 Å². The van der Waals surface area contributed by atoms with Gasteiger partial charge in [0.2, 0.25) is 0 Å². The zero-order valence-corrected chi connectivity index (χ0v) is 8.31. The molecule has 1 aromatic carbocycles. The molecule has 0 saturated heterocycles. The van der Waals surface area contributed by atoms with Crippen molar-refractivity contribution in [3.8, 4) is 0 Å². The van der Waals surface area contributed by atoms with Crippen LogP contribution < -0.4 is 5.19 Å². The van der Waals surface area contributed by atoms with Crippen molar-refractivity contribution < 1.29 is 0 Å². The summed E-state index contributed by atoms with van der Waals surface area (Å²) < 4.78 is 0. The molecular weight excluding hydrogens is 183 g/mol. The average molecular weight is 191 g/mol. The molecule has 1 rings (SSSR count). The summed E-state index contributed by atoms with van der Waals surface area (Å²) >= 11 is 11.6. The summed E-state index contributed by atoms with van der Waals surface area (Å²) in [5.41, 5.74) is 1.20. The third-order valence-corrected chi connectivity index (χ3v) is 3.95. The number of aryl methyl sites for hydroxylation is 1. The molecule has 1 aromatic rings. The van der Waals surface area contributed by atoms with Gasteiger partial charge >= 0.3 is 0 Å². The smallest absolute Gasteiger partial charge is 0.144 e. The van der Waals surface area contributed by atoms with Gasteiger partial charge in [-0.3, -0.25) is 0 Å². The minimum Gasteiger partial charge on any atom is -0.144 e. The molecule has 3 heteroatoms. The molecule has 0 aliphatic carbocycles. The van der Waals surface area contributed by atoms with E-state index in [1.807, 2.05) is 31.2 Å². The van der Waals surface area contributed by atoms with Crippen LogP contribution in [0.5, 0.6) is 0 Å². The Morgan fingerprint density at radius 2 is 1.80 bits per heavy atom. The van der Waals surface area contributed by atoms with Gasteiger partial charge in [-0.15, -0.1) is 22.2 Å². The van der Waals surface area contributed by atoms with Gasteiger partial charge in [0.25, 0.3) is 7.42 Å². The van der Waals surface area contributed by atoms with Crippen LogP contribution in [0.4, 0.5) is 0 Å². The molecule has 0 aliphatic rings. The minimum absolute atomic E-state index is 1.13. The van der Waals surface area contributed by atoms with E-state index >= 15 is 0 Å². The van der Waals surface area contributed by atoms with Gasteiger partial charge in [0.1, 0.15) is 0 Å². The monoisotopic (exact) mass is 190 g/mol. The van der Waals surface area contributed by atoms with Gasteiger partial charge in [-0.05, 0) is 17.7 Å². The fourth-order valence-electron chi connectivity index (χ4n) is 0.832. The Balaban J connectivity index is 3.03. The standard InChI is InChI=1S/C7H8Cl2Si/c1-6-4-2-3-5-7(6)10(8)9/h2-5,10H,1H3. The molecule has 0 N–H and O–H groups in total. The maximum absolute atomic E-state index is 5.81. The molecule has 0 nitrogen and oxygen atoms in total. The lowest BCUT2D eigenvalue weighted by molar-refractivity contribution is 1.52. The number of benzene rings is 1. The van der Waals surface area contributed by atoms with Crippen LogP contribution in [0.15, 0.2) is 24.3 Å². The second kappa shape index (κ2) is 3.42. The first kappa shape index (κ1) is 8.12. The van der Waals surface area contributed by atoms with Gasteiger partial charge in [0.15, 0.2) is 0 Å². The average Bonchev–Trinajstić information content (AvgIpc) is 1.88.